The molecule has 0 aliphatic heterocycles. The fraction of sp³-hybridized carbons (Fsp3) is 0.176. The third kappa shape index (κ3) is 3.39. The summed E-state index contributed by atoms with van der Waals surface area (Å²) in [7, 11) is 0. The average Bonchev–Trinajstić information content (AvgIpc) is 2.49. The van der Waals surface area contributed by atoms with Gasteiger partial charge >= 0.3 is 0 Å². The van der Waals surface area contributed by atoms with E-state index in [2.05, 4.69) is 56.3 Å². The van der Waals surface area contributed by atoms with Crippen molar-refractivity contribution < 1.29 is 0 Å². The molecule has 0 spiro atoms. The van der Waals surface area contributed by atoms with Crippen LogP contribution in [0.25, 0.3) is 10.9 Å². The lowest BCUT2D eigenvalue weighted by Gasteiger charge is -2.17. The van der Waals surface area contributed by atoms with Gasteiger partial charge in [0.2, 0.25) is 0 Å². The van der Waals surface area contributed by atoms with Crippen LogP contribution in [0.1, 0.15) is 12.5 Å². The molecule has 21 heavy (non-hydrogen) atoms. The summed E-state index contributed by atoms with van der Waals surface area (Å²) in [6, 6.07) is 12.6. The number of hydrogen-bond donors (Lipinski definition) is 1. The van der Waals surface area contributed by atoms with Gasteiger partial charge in [0.1, 0.15) is 0 Å². The predicted molar refractivity (Wildman–Crippen MR) is 90.5 cm³/mol. The third-order valence-electron chi connectivity index (χ3n) is 3.40. The number of hydrogen-bond acceptors (Lipinski definition) is 3. The van der Waals surface area contributed by atoms with Crippen LogP contribution < -0.4 is 5.32 Å². The van der Waals surface area contributed by atoms with E-state index < -0.39 is 0 Å². The van der Waals surface area contributed by atoms with Crippen molar-refractivity contribution in [2.75, 3.05) is 5.32 Å². The van der Waals surface area contributed by atoms with E-state index in [9.17, 15) is 0 Å². The summed E-state index contributed by atoms with van der Waals surface area (Å²) in [5, 5.41) is 4.71. The van der Waals surface area contributed by atoms with Crippen molar-refractivity contribution >= 4 is 32.5 Å². The lowest BCUT2D eigenvalue weighted by molar-refractivity contribution is 0.790. The summed E-state index contributed by atoms with van der Waals surface area (Å²) < 4.78 is 1.06. The van der Waals surface area contributed by atoms with E-state index in [1.54, 1.807) is 0 Å². The van der Waals surface area contributed by atoms with E-state index in [4.69, 9.17) is 0 Å². The van der Waals surface area contributed by atoms with Gasteiger partial charge in [0.05, 0.1) is 5.52 Å². The quantitative estimate of drug-likeness (QED) is 0.762. The summed E-state index contributed by atoms with van der Waals surface area (Å²) >= 11 is 3.52. The van der Waals surface area contributed by atoms with E-state index in [0.29, 0.717) is 6.04 Å². The molecule has 0 fully saturated rings. The Morgan fingerprint density at radius 3 is 2.71 bits per heavy atom. The first kappa shape index (κ1) is 14.0. The standard InChI is InChI=1S/C17H16BrN3/c1-12(10-13-4-7-19-8-5-13)21-17-6-9-20-16-3-2-14(18)11-15(16)17/h2-9,11-12H,10H2,1H3,(H,20,21). The fourth-order valence-corrected chi connectivity index (χ4v) is 2.79. The van der Waals surface area contributed by atoms with Gasteiger partial charge < -0.3 is 5.32 Å². The van der Waals surface area contributed by atoms with Crippen molar-refractivity contribution in [2.45, 2.75) is 19.4 Å². The smallest absolute Gasteiger partial charge is 0.0723 e. The Hall–Kier alpha value is -1.94. The van der Waals surface area contributed by atoms with Crippen molar-refractivity contribution in [3.8, 4) is 0 Å². The van der Waals surface area contributed by atoms with Crippen LogP contribution in [0.15, 0.2) is 59.5 Å². The summed E-state index contributed by atoms with van der Waals surface area (Å²) in [6.07, 6.45) is 6.47. The second kappa shape index (κ2) is 6.22. The Morgan fingerprint density at radius 1 is 1.10 bits per heavy atom. The van der Waals surface area contributed by atoms with Crippen LogP contribution in [0.5, 0.6) is 0 Å². The number of nitrogens with one attached hydrogen (secondary N) is 1. The molecule has 0 saturated carbocycles. The van der Waals surface area contributed by atoms with Gasteiger partial charge in [-0.15, -0.1) is 0 Å². The molecule has 2 aromatic heterocycles. The fourth-order valence-electron chi connectivity index (χ4n) is 2.43. The van der Waals surface area contributed by atoms with Crippen molar-refractivity contribution in [2.24, 2.45) is 0 Å². The molecule has 1 atom stereocenters. The van der Waals surface area contributed by atoms with Crippen LogP contribution in [-0.2, 0) is 6.42 Å². The minimum Gasteiger partial charge on any atom is -0.382 e. The number of benzene rings is 1. The van der Waals surface area contributed by atoms with Crippen LogP contribution in [0.3, 0.4) is 0 Å². The largest absolute Gasteiger partial charge is 0.382 e. The van der Waals surface area contributed by atoms with Gasteiger partial charge in [-0.1, -0.05) is 15.9 Å². The van der Waals surface area contributed by atoms with E-state index in [1.165, 1.54) is 5.56 Å². The highest BCUT2D eigenvalue weighted by atomic mass is 79.9. The van der Waals surface area contributed by atoms with Crippen molar-refractivity contribution in [1.29, 1.82) is 0 Å². The first-order chi connectivity index (χ1) is 10.2. The highest BCUT2D eigenvalue weighted by Gasteiger charge is 2.07. The van der Waals surface area contributed by atoms with Crippen molar-refractivity contribution in [3.05, 3.63) is 65.0 Å². The summed E-state index contributed by atoms with van der Waals surface area (Å²) in [4.78, 5) is 8.46. The molecule has 0 aliphatic rings. The van der Waals surface area contributed by atoms with E-state index >= 15 is 0 Å². The molecule has 106 valence electrons. The number of pyridine rings is 2. The topological polar surface area (TPSA) is 37.8 Å². The lowest BCUT2D eigenvalue weighted by atomic mass is 10.1. The molecule has 0 bridgehead atoms. The van der Waals surface area contributed by atoms with Crippen LogP contribution in [0.2, 0.25) is 0 Å². The maximum absolute atomic E-state index is 4.41. The molecule has 0 amide bonds. The SMILES string of the molecule is CC(Cc1ccncc1)Nc1ccnc2ccc(Br)cc12. The van der Waals surface area contributed by atoms with Gasteiger partial charge in [-0.25, -0.2) is 0 Å². The second-order valence-electron chi connectivity index (χ2n) is 5.12. The Morgan fingerprint density at radius 2 is 1.90 bits per heavy atom. The molecule has 1 N–H and O–H groups in total. The maximum atomic E-state index is 4.41. The van der Waals surface area contributed by atoms with Crippen LogP contribution in [0.4, 0.5) is 5.69 Å². The van der Waals surface area contributed by atoms with Gasteiger partial charge in [-0.05, 0) is 55.3 Å². The minimum atomic E-state index is 0.331. The Labute approximate surface area is 132 Å². The minimum absolute atomic E-state index is 0.331. The number of nitrogens with zero attached hydrogens (tertiary/aromatic N) is 2. The molecule has 0 aliphatic carbocycles. The van der Waals surface area contributed by atoms with Gasteiger partial charge in [0, 0.05) is 40.2 Å². The van der Waals surface area contributed by atoms with Gasteiger partial charge in [0.25, 0.3) is 0 Å². The zero-order valence-corrected chi connectivity index (χ0v) is 13.3. The Kier molecular flexibility index (Phi) is 4.15. The number of aromatic nitrogens is 2. The number of halogens is 1. The van der Waals surface area contributed by atoms with Crippen molar-refractivity contribution in [3.63, 3.8) is 0 Å². The molecule has 4 heteroatoms. The zero-order valence-electron chi connectivity index (χ0n) is 11.8. The predicted octanol–water partition coefficient (Wildman–Crippen LogP) is 4.44. The molecule has 2 heterocycles. The first-order valence-corrected chi connectivity index (χ1v) is 7.71. The highest BCUT2D eigenvalue weighted by molar-refractivity contribution is 9.10. The van der Waals surface area contributed by atoms with Gasteiger partial charge in [-0.2, -0.15) is 0 Å². The molecule has 1 aromatic carbocycles. The molecule has 0 radical (unpaired) electrons. The number of anilines is 1. The summed E-state index contributed by atoms with van der Waals surface area (Å²) in [5.41, 5.74) is 3.40. The average molecular weight is 342 g/mol. The molecular weight excluding hydrogens is 326 g/mol. The summed E-state index contributed by atoms with van der Waals surface area (Å²) in [5.74, 6) is 0. The molecule has 0 saturated heterocycles. The van der Waals surface area contributed by atoms with Crippen LogP contribution >= 0.6 is 15.9 Å². The molecule has 3 aromatic rings. The van der Waals surface area contributed by atoms with Gasteiger partial charge in [0.15, 0.2) is 0 Å². The molecule has 3 rings (SSSR count). The molecule has 3 nitrogen and oxygen atoms in total. The Balaban J connectivity index is 1.83. The van der Waals surface area contributed by atoms with Crippen LogP contribution in [-0.4, -0.2) is 16.0 Å². The van der Waals surface area contributed by atoms with Gasteiger partial charge in [-0.3, -0.25) is 9.97 Å². The third-order valence-corrected chi connectivity index (χ3v) is 3.89. The zero-order chi connectivity index (χ0) is 14.7. The number of rotatable bonds is 4. The summed E-state index contributed by atoms with van der Waals surface area (Å²) in [6.45, 7) is 2.19. The number of fused-ring (bicyclic) bond motifs is 1. The Bertz CT molecular complexity index is 743. The van der Waals surface area contributed by atoms with Crippen LogP contribution in [0, 0.1) is 0 Å². The monoisotopic (exact) mass is 341 g/mol. The van der Waals surface area contributed by atoms with E-state index in [1.807, 2.05) is 36.8 Å². The normalized spacial score (nSPS) is 12.3. The van der Waals surface area contributed by atoms with E-state index in [0.717, 1.165) is 27.5 Å². The van der Waals surface area contributed by atoms with Crippen molar-refractivity contribution in [1.82, 2.24) is 9.97 Å². The second-order valence-corrected chi connectivity index (χ2v) is 6.04. The highest BCUT2D eigenvalue weighted by Crippen LogP contribution is 2.25. The van der Waals surface area contributed by atoms with E-state index in [-0.39, 0.29) is 0 Å². The molecular formula is C17H16BrN3. The lowest BCUT2D eigenvalue weighted by Crippen LogP contribution is -2.18. The molecule has 1 unspecified atom stereocenters. The first-order valence-electron chi connectivity index (χ1n) is 6.92. The maximum Gasteiger partial charge on any atom is 0.0723 e.